The van der Waals surface area contributed by atoms with Crippen LogP contribution in [-0.4, -0.2) is 20.7 Å². The summed E-state index contributed by atoms with van der Waals surface area (Å²) in [6.45, 7) is 3.91. The molecule has 3 aromatic rings. The van der Waals surface area contributed by atoms with E-state index in [4.69, 9.17) is 4.98 Å². The lowest BCUT2D eigenvalue weighted by atomic mass is 10.1. The molecule has 24 heavy (non-hydrogen) atoms. The number of benzene rings is 1. The summed E-state index contributed by atoms with van der Waals surface area (Å²) in [5, 5.41) is 8.28. The minimum atomic E-state index is -0.110. The Morgan fingerprint density at radius 1 is 1.25 bits per heavy atom. The van der Waals surface area contributed by atoms with Gasteiger partial charge in [0.15, 0.2) is 0 Å². The molecule has 0 radical (unpaired) electrons. The fraction of sp³-hybridized carbons (Fsp3) is 0.316. The highest BCUT2D eigenvalue weighted by Gasteiger charge is 2.27. The van der Waals surface area contributed by atoms with E-state index in [1.54, 1.807) is 4.68 Å². The van der Waals surface area contributed by atoms with Crippen molar-refractivity contribution in [2.24, 2.45) is 7.05 Å². The number of nitrogens with zero attached hydrogens (tertiary/aromatic N) is 3. The SMILES string of the molecule is Cc1nn(C)c(NC(=O)c2cc(C3CC3)nc3ccccc23)c1C. The first-order chi connectivity index (χ1) is 11.5. The maximum atomic E-state index is 13.0. The van der Waals surface area contributed by atoms with Gasteiger partial charge in [-0.3, -0.25) is 14.5 Å². The summed E-state index contributed by atoms with van der Waals surface area (Å²) in [7, 11) is 1.84. The van der Waals surface area contributed by atoms with E-state index >= 15 is 0 Å². The summed E-state index contributed by atoms with van der Waals surface area (Å²) in [5.41, 5.74) is 4.50. The van der Waals surface area contributed by atoms with E-state index in [0.717, 1.165) is 46.5 Å². The Kier molecular flexibility index (Phi) is 3.37. The Labute approximate surface area is 140 Å². The van der Waals surface area contributed by atoms with Crippen LogP contribution < -0.4 is 5.32 Å². The molecular formula is C19H20N4O. The molecule has 0 aliphatic heterocycles. The van der Waals surface area contributed by atoms with Gasteiger partial charge in [-0.1, -0.05) is 18.2 Å². The molecule has 0 atom stereocenters. The van der Waals surface area contributed by atoms with Crippen molar-refractivity contribution in [3.63, 3.8) is 0 Å². The highest BCUT2D eigenvalue weighted by Crippen LogP contribution is 2.40. The van der Waals surface area contributed by atoms with Crippen LogP contribution in [0.1, 0.15) is 46.1 Å². The molecule has 1 N–H and O–H groups in total. The van der Waals surface area contributed by atoms with E-state index in [1.807, 2.05) is 51.2 Å². The van der Waals surface area contributed by atoms with Crippen LogP contribution in [0.15, 0.2) is 30.3 Å². The molecule has 0 bridgehead atoms. The summed E-state index contributed by atoms with van der Waals surface area (Å²) >= 11 is 0. The third-order valence-electron chi connectivity index (χ3n) is 4.73. The monoisotopic (exact) mass is 320 g/mol. The average molecular weight is 320 g/mol. The van der Waals surface area contributed by atoms with E-state index in [9.17, 15) is 4.79 Å². The second kappa shape index (κ2) is 5.44. The zero-order valence-corrected chi connectivity index (χ0v) is 14.1. The number of nitrogens with one attached hydrogen (secondary N) is 1. The number of amides is 1. The highest BCUT2D eigenvalue weighted by atomic mass is 16.1. The van der Waals surface area contributed by atoms with Crippen LogP contribution in [0.4, 0.5) is 5.82 Å². The Bertz CT molecular complexity index is 953. The first-order valence-corrected chi connectivity index (χ1v) is 8.26. The third kappa shape index (κ3) is 2.46. The van der Waals surface area contributed by atoms with Gasteiger partial charge in [0.1, 0.15) is 5.82 Å². The van der Waals surface area contributed by atoms with Gasteiger partial charge in [0, 0.05) is 29.6 Å². The van der Waals surface area contributed by atoms with Crippen LogP contribution in [0.25, 0.3) is 10.9 Å². The number of carbonyl (C=O) groups excluding carboxylic acids is 1. The summed E-state index contributed by atoms with van der Waals surface area (Å²) in [6, 6.07) is 9.78. The maximum Gasteiger partial charge on any atom is 0.257 e. The molecule has 0 unspecified atom stereocenters. The maximum absolute atomic E-state index is 13.0. The van der Waals surface area contributed by atoms with E-state index in [1.165, 1.54) is 0 Å². The molecule has 1 amide bonds. The topological polar surface area (TPSA) is 59.8 Å². The molecule has 5 nitrogen and oxygen atoms in total. The number of carbonyl (C=O) groups is 1. The van der Waals surface area contributed by atoms with Gasteiger partial charge in [-0.25, -0.2) is 0 Å². The van der Waals surface area contributed by atoms with Gasteiger partial charge in [0.05, 0.1) is 16.8 Å². The standard InChI is InChI=1S/C19H20N4O/c1-11-12(2)22-23(3)18(11)21-19(24)15-10-17(13-8-9-13)20-16-7-5-4-6-14(15)16/h4-7,10,13H,8-9H2,1-3H3,(H,21,24). The molecule has 1 saturated carbocycles. The zero-order valence-electron chi connectivity index (χ0n) is 14.1. The van der Waals surface area contributed by atoms with Crippen molar-refractivity contribution in [2.45, 2.75) is 32.6 Å². The van der Waals surface area contributed by atoms with Crippen molar-refractivity contribution in [3.8, 4) is 0 Å². The van der Waals surface area contributed by atoms with Crippen LogP contribution in [-0.2, 0) is 7.05 Å². The Morgan fingerprint density at radius 3 is 2.67 bits per heavy atom. The Morgan fingerprint density at radius 2 is 2.00 bits per heavy atom. The van der Waals surface area contributed by atoms with Gasteiger partial charge in [0.2, 0.25) is 0 Å². The minimum absolute atomic E-state index is 0.110. The molecule has 122 valence electrons. The molecule has 1 fully saturated rings. The minimum Gasteiger partial charge on any atom is -0.307 e. The van der Waals surface area contributed by atoms with E-state index in [2.05, 4.69) is 10.4 Å². The number of fused-ring (bicyclic) bond motifs is 1. The number of para-hydroxylation sites is 1. The predicted octanol–water partition coefficient (Wildman–Crippen LogP) is 3.71. The third-order valence-corrected chi connectivity index (χ3v) is 4.73. The number of aryl methyl sites for hydroxylation is 2. The zero-order chi connectivity index (χ0) is 16.8. The normalized spacial score (nSPS) is 14.1. The first-order valence-electron chi connectivity index (χ1n) is 8.26. The van der Waals surface area contributed by atoms with Gasteiger partial charge in [-0.15, -0.1) is 0 Å². The van der Waals surface area contributed by atoms with Crippen LogP contribution in [0.5, 0.6) is 0 Å². The second-order valence-electron chi connectivity index (χ2n) is 6.52. The van der Waals surface area contributed by atoms with Gasteiger partial charge >= 0.3 is 0 Å². The van der Waals surface area contributed by atoms with Crippen molar-refractivity contribution in [1.29, 1.82) is 0 Å². The van der Waals surface area contributed by atoms with Crippen molar-refractivity contribution >= 4 is 22.6 Å². The lowest BCUT2D eigenvalue weighted by Crippen LogP contribution is -2.16. The van der Waals surface area contributed by atoms with Crippen LogP contribution >= 0.6 is 0 Å². The quantitative estimate of drug-likeness (QED) is 0.800. The van der Waals surface area contributed by atoms with Crippen molar-refractivity contribution in [3.05, 3.63) is 52.8 Å². The number of pyridine rings is 1. The smallest absolute Gasteiger partial charge is 0.257 e. The van der Waals surface area contributed by atoms with Crippen LogP contribution in [0, 0.1) is 13.8 Å². The number of anilines is 1. The largest absolute Gasteiger partial charge is 0.307 e. The van der Waals surface area contributed by atoms with Crippen molar-refractivity contribution in [2.75, 3.05) is 5.32 Å². The second-order valence-corrected chi connectivity index (χ2v) is 6.52. The lowest BCUT2D eigenvalue weighted by molar-refractivity contribution is 0.102. The van der Waals surface area contributed by atoms with Gasteiger partial charge in [-0.05, 0) is 38.8 Å². The molecule has 0 saturated heterocycles. The Balaban J connectivity index is 1.78. The first kappa shape index (κ1) is 14.9. The molecule has 4 rings (SSSR count). The highest BCUT2D eigenvalue weighted by molar-refractivity contribution is 6.12. The van der Waals surface area contributed by atoms with Gasteiger partial charge in [0.25, 0.3) is 5.91 Å². The molecule has 1 aliphatic rings. The van der Waals surface area contributed by atoms with E-state index in [-0.39, 0.29) is 5.91 Å². The van der Waals surface area contributed by atoms with E-state index in [0.29, 0.717) is 11.5 Å². The molecule has 2 heterocycles. The molecule has 1 aromatic carbocycles. The molecular weight excluding hydrogens is 300 g/mol. The fourth-order valence-electron chi connectivity index (χ4n) is 3.09. The van der Waals surface area contributed by atoms with Gasteiger partial charge in [-0.2, -0.15) is 5.10 Å². The fourth-order valence-corrected chi connectivity index (χ4v) is 3.09. The molecule has 2 aromatic heterocycles. The lowest BCUT2D eigenvalue weighted by Gasteiger charge is -2.11. The van der Waals surface area contributed by atoms with Crippen molar-refractivity contribution < 1.29 is 4.79 Å². The number of hydrogen-bond acceptors (Lipinski definition) is 3. The van der Waals surface area contributed by atoms with Crippen LogP contribution in [0.3, 0.4) is 0 Å². The molecule has 1 aliphatic carbocycles. The van der Waals surface area contributed by atoms with Gasteiger partial charge < -0.3 is 5.32 Å². The molecule has 5 heteroatoms. The molecule has 0 spiro atoms. The predicted molar refractivity (Wildman–Crippen MR) is 94.4 cm³/mol. The van der Waals surface area contributed by atoms with Crippen LogP contribution in [0.2, 0.25) is 0 Å². The summed E-state index contributed by atoms with van der Waals surface area (Å²) in [4.78, 5) is 17.7. The summed E-state index contributed by atoms with van der Waals surface area (Å²) in [6.07, 6.45) is 2.32. The summed E-state index contributed by atoms with van der Waals surface area (Å²) in [5.74, 6) is 1.13. The number of rotatable bonds is 3. The van der Waals surface area contributed by atoms with E-state index < -0.39 is 0 Å². The summed E-state index contributed by atoms with van der Waals surface area (Å²) < 4.78 is 1.72. The Hall–Kier alpha value is -2.69. The average Bonchev–Trinajstić information content (AvgIpc) is 3.39. The number of aromatic nitrogens is 3. The number of hydrogen-bond donors (Lipinski definition) is 1. The van der Waals surface area contributed by atoms with Crippen molar-refractivity contribution in [1.82, 2.24) is 14.8 Å².